The van der Waals surface area contributed by atoms with Gasteiger partial charge in [-0.05, 0) is 38.5 Å². The van der Waals surface area contributed by atoms with Gasteiger partial charge in [0.2, 0.25) is 11.8 Å². The molecule has 1 N–H and O–H groups in total. The average Bonchev–Trinajstić information content (AvgIpc) is 2.53. The van der Waals surface area contributed by atoms with Crippen LogP contribution < -0.4 is 5.32 Å². The quantitative estimate of drug-likeness (QED) is 0.823. The molecule has 0 saturated heterocycles. The van der Waals surface area contributed by atoms with E-state index in [1.807, 2.05) is 0 Å². The van der Waals surface area contributed by atoms with Crippen LogP contribution in [0.15, 0.2) is 24.3 Å². The molecule has 2 amide bonds. The van der Waals surface area contributed by atoms with Crippen molar-refractivity contribution in [3.63, 3.8) is 0 Å². The first-order valence-corrected chi connectivity index (χ1v) is 7.94. The molecule has 0 saturated carbocycles. The lowest BCUT2D eigenvalue weighted by atomic mass is 10.0. The second-order valence-corrected chi connectivity index (χ2v) is 5.43. The third kappa shape index (κ3) is 5.54. The molecule has 0 aliphatic rings. The largest absolute Gasteiger partial charge is 0.416 e. The van der Waals surface area contributed by atoms with Crippen LogP contribution in [0, 0.1) is 0 Å². The van der Waals surface area contributed by atoms with Crippen LogP contribution in [0.5, 0.6) is 0 Å². The second kappa shape index (κ2) is 8.70. The number of carbonyl (C=O) groups excluding carboxylic acids is 2. The van der Waals surface area contributed by atoms with Gasteiger partial charge >= 0.3 is 6.18 Å². The van der Waals surface area contributed by atoms with E-state index in [9.17, 15) is 22.8 Å². The van der Waals surface area contributed by atoms with E-state index in [-0.39, 0.29) is 24.7 Å². The highest BCUT2D eigenvalue weighted by atomic mass is 19.4. The summed E-state index contributed by atoms with van der Waals surface area (Å²) in [4.78, 5) is 25.2. The van der Waals surface area contributed by atoms with E-state index in [2.05, 4.69) is 5.32 Å². The fourth-order valence-corrected chi connectivity index (χ4v) is 2.47. The van der Waals surface area contributed by atoms with Gasteiger partial charge in [-0.15, -0.1) is 0 Å². The molecule has 0 unspecified atom stereocenters. The molecule has 1 aromatic rings. The Kier molecular flexibility index (Phi) is 7.25. The Morgan fingerprint density at radius 3 is 2.42 bits per heavy atom. The Labute approximate surface area is 140 Å². The van der Waals surface area contributed by atoms with Gasteiger partial charge in [0, 0.05) is 25.9 Å². The van der Waals surface area contributed by atoms with Crippen molar-refractivity contribution in [2.75, 3.05) is 13.1 Å². The molecular formula is C17H23F3N2O2. The summed E-state index contributed by atoms with van der Waals surface area (Å²) in [6, 6.07) is 4.47. The number of nitrogens with zero attached hydrogens (tertiary/aromatic N) is 1. The van der Waals surface area contributed by atoms with E-state index >= 15 is 0 Å². The van der Waals surface area contributed by atoms with E-state index in [1.165, 1.54) is 11.0 Å². The highest BCUT2D eigenvalue weighted by molar-refractivity contribution is 5.84. The maximum atomic E-state index is 12.8. The van der Waals surface area contributed by atoms with Crippen molar-refractivity contribution in [3.05, 3.63) is 35.4 Å². The van der Waals surface area contributed by atoms with Gasteiger partial charge in [0.15, 0.2) is 0 Å². The Morgan fingerprint density at radius 2 is 1.88 bits per heavy atom. The minimum absolute atomic E-state index is 0.0307. The zero-order valence-electron chi connectivity index (χ0n) is 14.1. The summed E-state index contributed by atoms with van der Waals surface area (Å²) in [6.07, 6.45) is -4.32. The lowest BCUT2D eigenvalue weighted by Gasteiger charge is -2.29. The molecule has 1 rings (SSSR count). The van der Waals surface area contributed by atoms with Crippen LogP contribution in [0.3, 0.4) is 0 Å². The van der Waals surface area contributed by atoms with Crippen LogP contribution >= 0.6 is 0 Å². The van der Waals surface area contributed by atoms with E-state index < -0.39 is 17.8 Å². The van der Waals surface area contributed by atoms with Crippen LogP contribution in [0.25, 0.3) is 0 Å². The highest BCUT2D eigenvalue weighted by Gasteiger charge is 2.31. The number of rotatable bonds is 7. The number of hydrogen-bond donors (Lipinski definition) is 1. The van der Waals surface area contributed by atoms with Crippen LogP contribution in [-0.2, 0) is 15.8 Å². The fraction of sp³-hybridized carbons (Fsp3) is 0.529. The van der Waals surface area contributed by atoms with Crippen molar-refractivity contribution in [2.45, 2.75) is 45.8 Å². The summed E-state index contributed by atoms with van der Waals surface area (Å²) in [7, 11) is 0. The Morgan fingerprint density at radius 1 is 1.21 bits per heavy atom. The first-order valence-electron chi connectivity index (χ1n) is 7.94. The first kappa shape index (κ1) is 20.0. The summed E-state index contributed by atoms with van der Waals surface area (Å²) in [5.74, 6) is -0.470. The van der Waals surface area contributed by atoms with Gasteiger partial charge in [-0.2, -0.15) is 13.2 Å². The Balaban J connectivity index is 2.84. The molecule has 1 aromatic carbocycles. The predicted octanol–water partition coefficient (Wildman–Crippen LogP) is 3.53. The fourth-order valence-electron chi connectivity index (χ4n) is 2.47. The van der Waals surface area contributed by atoms with E-state index in [0.717, 1.165) is 12.1 Å². The predicted molar refractivity (Wildman–Crippen MR) is 85.2 cm³/mol. The van der Waals surface area contributed by atoms with Crippen molar-refractivity contribution < 1.29 is 22.8 Å². The van der Waals surface area contributed by atoms with E-state index in [4.69, 9.17) is 0 Å². The summed E-state index contributed by atoms with van der Waals surface area (Å²) in [5, 5.41) is 2.61. The van der Waals surface area contributed by atoms with Gasteiger partial charge in [-0.3, -0.25) is 9.59 Å². The SMILES string of the molecule is CCNC(=O)CCC(=O)N(CC)[C@@H](C)c1cccc(C(F)(F)F)c1. The van der Waals surface area contributed by atoms with E-state index in [1.54, 1.807) is 26.8 Å². The van der Waals surface area contributed by atoms with Crippen molar-refractivity contribution >= 4 is 11.8 Å². The van der Waals surface area contributed by atoms with Gasteiger partial charge in [0.1, 0.15) is 0 Å². The molecule has 134 valence electrons. The van der Waals surface area contributed by atoms with Gasteiger partial charge < -0.3 is 10.2 Å². The number of nitrogens with one attached hydrogen (secondary N) is 1. The molecule has 0 bridgehead atoms. The Hall–Kier alpha value is -2.05. The zero-order valence-corrected chi connectivity index (χ0v) is 14.1. The summed E-state index contributed by atoms with van der Waals surface area (Å²) < 4.78 is 38.5. The number of halogens is 3. The van der Waals surface area contributed by atoms with Crippen LogP contribution in [0.4, 0.5) is 13.2 Å². The Bertz CT molecular complexity index is 573. The average molecular weight is 344 g/mol. The molecule has 1 atom stereocenters. The van der Waals surface area contributed by atoms with Crippen molar-refractivity contribution in [3.8, 4) is 0 Å². The standard InChI is InChI=1S/C17H23F3N2O2/c1-4-21-15(23)9-10-16(24)22(5-2)12(3)13-7-6-8-14(11-13)17(18,19)20/h6-8,11-12H,4-5,9-10H2,1-3H3,(H,21,23)/t12-/m0/s1. The number of hydrogen-bond acceptors (Lipinski definition) is 2. The van der Waals surface area contributed by atoms with Crippen molar-refractivity contribution in [1.29, 1.82) is 0 Å². The second-order valence-electron chi connectivity index (χ2n) is 5.43. The summed E-state index contributed by atoms with van der Waals surface area (Å²) in [6.45, 7) is 6.07. The third-order valence-corrected chi connectivity index (χ3v) is 3.76. The minimum Gasteiger partial charge on any atom is -0.356 e. The zero-order chi connectivity index (χ0) is 18.3. The molecule has 0 aliphatic carbocycles. The summed E-state index contributed by atoms with van der Waals surface area (Å²) in [5.41, 5.74) is -0.323. The van der Waals surface area contributed by atoms with Crippen LogP contribution in [0.2, 0.25) is 0 Å². The maximum Gasteiger partial charge on any atom is 0.416 e. The van der Waals surface area contributed by atoms with Gasteiger partial charge in [-0.25, -0.2) is 0 Å². The number of carbonyl (C=O) groups is 2. The lowest BCUT2D eigenvalue weighted by Crippen LogP contribution is -2.34. The third-order valence-electron chi connectivity index (χ3n) is 3.76. The normalized spacial score (nSPS) is 12.6. The molecule has 0 aromatic heterocycles. The maximum absolute atomic E-state index is 12.8. The van der Waals surface area contributed by atoms with Crippen LogP contribution in [0.1, 0.15) is 50.8 Å². The van der Waals surface area contributed by atoms with Crippen LogP contribution in [-0.4, -0.2) is 29.8 Å². The van der Waals surface area contributed by atoms with Crippen molar-refractivity contribution in [1.82, 2.24) is 10.2 Å². The monoisotopic (exact) mass is 344 g/mol. The summed E-state index contributed by atoms with van der Waals surface area (Å²) >= 11 is 0. The number of alkyl halides is 3. The molecule has 4 nitrogen and oxygen atoms in total. The molecule has 0 fully saturated rings. The minimum atomic E-state index is -4.42. The first-order chi connectivity index (χ1) is 11.2. The van der Waals surface area contributed by atoms with E-state index in [0.29, 0.717) is 18.7 Å². The smallest absolute Gasteiger partial charge is 0.356 e. The van der Waals surface area contributed by atoms with Gasteiger partial charge in [0.05, 0.1) is 11.6 Å². The van der Waals surface area contributed by atoms with Gasteiger partial charge in [-0.1, -0.05) is 12.1 Å². The van der Waals surface area contributed by atoms with Gasteiger partial charge in [0.25, 0.3) is 0 Å². The lowest BCUT2D eigenvalue weighted by molar-refractivity contribution is -0.137. The molecule has 24 heavy (non-hydrogen) atoms. The number of benzene rings is 1. The topological polar surface area (TPSA) is 49.4 Å². The molecule has 0 radical (unpaired) electrons. The molecule has 7 heteroatoms. The molecule has 0 heterocycles. The molecule has 0 spiro atoms. The number of amides is 2. The molecule has 0 aliphatic heterocycles. The highest BCUT2D eigenvalue weighted by Crippen LogP contribution is 2.32. The molecular weight excluding hydrogens is 321 g/mol. The van der Waals surface area contributed by atoms with Crippen molar-refractivity contribution in [2.24, 2.45) is 0 Å².